The summed E-state index contributed by atoms with van der Waals surface area (Å²) in [7, 11) is 0. The van der Waals surface area contributed by atoms with E-state index in [-0.39, 0.29) is 10.7 Å². The monoisotopic (exact) mass is 327 g/mol. The number of thiophene rings is 1. The molecular formula is C15H21NO3S2. The number of thioether (sulfide) groups is 1. The van der Waals surface area contributed by atoms with E-state index < -0.39 is 5.97 Å². The van der Waals surface area contributed by atoms with E-state index in [9.17, 15) is 9.59 Å². The quantitative estimate of drug-likeness (QED) is 0.717. The molecule has 116 valence electrons. The van der Waals surface area contributed by atoms with Crippen molar-refractivity contribution in [2.45, 2.75) is 31.4 Å². The first-order valence-corrected chi connectivity index (χ1v) is 8.84. The Morgan fingerprint density at radius 3 is 2.57 bits per heavy atom. The van der Waals surface area contributed by atoms with Gasteiger partial charge in [-0.3, -0.25) is 4.79 Å². The lowest BCUT2D eigenvalue weighted by Gasteiger charge is -2.29. The van der Waals surface area contributed by atoms with Gasteiger partial charge in [0, 0.05) is 22.2 Å². The van der Waals surface area contributed by atoms with E-state index in [0.29, 0.717) is 11.4 Å². The molecule has 1 aromatic heterocycles. The Balaban J connectivity index is 2.66. The fourth-order valence-corrected chi connectivity index (χ4v) is 3.53. The molecule has 0 atom stereocenters. The minimum absolute atomic E-state index is 0.0823. The second-order valence-electron chi connectivity index (χ2n) is 4.65. The highest BCUT2D eigenvalue weighted by atomic mass is 32.2. The molecule has 21 heavy (non-hydrogen) atoms. The molecule has 0 saturated carbocycles. The number of amides is 1. The first kappa shape index (κ1) is 17.8. The fourth-order valence-electron chi connectivity index (χ4n) is 1.91. The highest BCUT2D eigenvalue weighted by Gasteiger charge is 2.25. The zero-order valence-corrected chi connectivity index (χ0v) is 14.1. The molecule has 2 N–H and O–H groups in total. The van der Waals surface area contributed by atoms with Gasteiger partial charge in [0.05, 0.1) is 4.88 Å². The lowest BCUT2D eigenvalue weighted by atomic mass is 10.0. The largest absolute Gasteiger partial charge is 0.478 e. The van der Waals surface area contributed by atoms with Gasteiger partial charge in [-0.2, -0.15) is 11.8 Å². The molecule has 6 heteroatoms. The number of aliphatic carboxylic acids is 1. The average molecular weight is 327 g/mol. The summed E-state index contributed by atoms with van der Waals surface area (Å²) < 4.78 is 0.0823. The molecule has 1 aromatic rings. The molecule has 0 aliphatic carbocycles. The van der Waals surface area contributed by atoms with Gasteiger partial charge in [0.25, 0.3) is 5.91 Å². The number of nitrogens with one attached hydrogen (secondary N) is 1. The van der Waals surface area contributed by atoms with E-state index in [1.54, 1.807) is 23.9 Å². The van der Waals surface area contributed by atoms with Crippen molar-refractivity contribution in [3.63, 3.8) is 0 Å². The molecule has 0 fully saturated rings. The number of carbonyl (C=O) groups is 2. The normalized spacial score (nSPS) is 11.8. The number of carbonyl (C=O) groups excluding carboxylic acids is 1. The molecule has 0 unspecified atom stereocenters. The topological polar surface area (TPSA) is 66.4 Å². The van der Waals surface area contributed by atoms with Crippen LogP contribution in [0, 0.1) is 0 Å². The molecule has 1 heterocycles. The molecule has 0 radical (unpaired) electrons. The summed E-state index contributed by atoms with van der Waals surface area (Å²) in [6, 6.07) is 3.47. The van der Waals surface area contributed by atoms with Gasteiger partial charge in [-0.15, -0.1) is 11.3 Å². The maximum Gasteiger partial charge on any atom is 0.328 e. The van der Waals surface area contributed by atoms with E-state index in [1.165, 1.54) is 17.4 Å². The van der Waals surface area contributed by atoms with Crippen molar-refractivity contribution in [1.82, 2.24) is 5.32 Å². The summed E-state index contributed by atoms with van der Waals surface area (Å²) in [4.78, 5) is 24.0. The Bertz CT molecular complexity index is 510. The summed E-state index contributed by atoms with van der Waals surface area (Å²) in [5.41, 5.74) is 0. The first-order chi connectivity index (χ1) is 9.96. The smallest absolute Gasteiger partial charge is 0.328 e. The number of carboxylic acid groups (broad SMARTS) is 1. The van der Waals surface area contributed by atoms with Crippen LogP contribution in [0.1, 0.15) is 41.2 Å². The Hall–Kier alpha value is -1.27. The van der Waals surface area contributed by atoms with Crippen molar-refractivity contribution in [2.24, 2.45) is 0 Å². The van der Waals surface area contributed by atoms with Gasteiger partial charge in [0.1, 0.15) is 0 Å². The number of rotatable bonds is 8. The molecule has 0 aliphatic rings. The van der Waals surface area contributed by atoms with Crippen LogP contribution in [0.4, 0.5) is 0 Å². The molecule has 0 bridgehead atoms. The van der Waals surface area contributed by atoms with Crippen LogP contribution in [0.3, 0.4) is 0 Å². The molecule has 0 aliphatic heterocycles. The average Bonchev–Trinajstić information content (AvgIpc) is 2.96. The van der Waals surface area contributed by atoms with Crippen molar-refractivity contribution in [3.05, 3.63) is 28.0 Å². The van der Waals surface area contributed by atoms with Gasteiger partial charge in [0.15, 0.2) is 0 Å². The molecule has 0 spiro atoms. The third-order valence-electron chi connectivity index (χ3n) is 3.53. The van der Waals surface area contributed by atoms with Crippen LogP contribution in [0.25, 0.3) is 6.08 Å². The van der Waals surface area contributed by atoms with Crippen LogP contribution in [0.15, 0.2) is 18.2 Å². The SMILES string of the molecule is CCC(CC)(CNC(=O)c1ccc(/C=C/C(=O)O)s1)SC. The maximum atomic E-state index is 12.1. The van der Waals surface area contributed by atoms with Gasteiger partial charge in [-0.1, -0.05) is 13.8 Å². The third-order valence-corrected chi connectivity index (χ3v) is 6.17. The summed E-state index contributed by atoms with van der Waals surface area (Å²) in [5, 5.41) is 11.6. The summed E-state index contributed by atoms with van der Waals surface area (Å²) in [6.07, 6.45) is 6.64. The van der Waals surface area contributed by atoms with Crippen LogP contribution >= 0.6 is 23.1 Å². The Kier molecular flexibility index (Phi) is 6.98. The predicted octanol–water partition coefficient (Wildman–Crippen LogP) is 3.50. The van der Waals surface area contributed by atoms with E-state index in [0.717, 1.165) is 23.8 Å². The van der Waals surface area contributed by atoms with Gasteiger partial charge in [-0.25, -0.2) is 4.79 Å². The Morgan fingerprint density at radius 1 is 1.38 bits per heavy atom. The van der Waals surface area contributed by atoms with Crippen LogP contribution in [-0.4, -0.2) is 34.5 Å². The third kappa shape index (κ3) is 5.21. The van der Waals surface area contributed by atoms with Crippen LogP contribution in [-0.2, 0) is 4.79 Å². The van der Waals surface area contributed by atoms with Gasteiger partial charge in [-0.05, 0) is 37.3 Å². The lowest BCUT2D eigenvalue weighted by molar-refractivity contribution is -0.131. The van der Waals surface area contributed by atoms with E-state index >= 15 is 0 Å². The minimum Gasteiger partial charge on any atom is -0.478 e. The van der Waals surface area contributed by atoms with Crippen LogP contribution < -0.4 is 5.32 Å². The molecule has 1 rings (SSSR count). The van der Waals surface area contributed by atoms with Gasteiger partial charge in [0.2, 0.25) is 0 Å². The van der Waals surface area contributed by atoms with Crippen molar-refractivity contribution in [3.8, 4) is 0 Å². The van der Waals surface area contributed by atoms with E-state index in [2.05, 4.69) is 25.4 Å². The van der Waals surface area contributed by atoms with E-state index in [4.69, 9.17) is 5.11 Å². The highest BCUT2D eigenvalue weighted by Crippen LogP contribution is 2.29. The predicted molar refractivity (Wildman–Crippen MR) is 90.2 cm³/mol. The summed E-state index contributed by atoms with van der Waals surface area (Å²) >= 11 is 3.07. The second kappa shape index (κ2) is 8.24. The number of hydrogen-bond donors (Lipinski definition) is 2. The summed E-state index contributed by atoms with van der Waals surface area (Å²) in [5.74, 6) is -1.10. The zero-order chi connectivity index (χ0) is 15.9. The lowest BCUT2D eigenvalue weighted by Crippen LogP contribution is -2.39. The highest BCUT2D eigenvalue weighted by molar-refractivity contribution is 8.00. The van der Waals surface area contributed by atoms with Crippen molar-refractivity contribution in [1.29, 1.82) is 0 Å². The van der Waals surface area contributed by atoms with Crippen LogP contribution in [0.5, 0.6) is 0 Å². The molecular weight excluding hydrogens is 306 g/mol. The Morgan fingerprint density at radius 2 is 2.05 bits per heavy atom. The van der Waals surface area contributed by atoms with Crippen molar-refractivity contribution < 1.29 is 14.7 Å². The summed E-state index contributed by atoms with van der Waals surface area (Å²) in [6.45, 7) is 4.90. The molecule has 1 amide bonds. The first-order valence-electron chi connectivity index (χ1n) is 6.80. The van der Waals surface area contributed by atoms with Crippen molar-refractivity contribution >= 4 is 41.1 Å². The van der Waals surface area contributed by atoms with Crippen molar-refractivity contribution in [2.75, 3.05) is 12.8 Å². The van der Waals surface area contributed by atoms with Gasteiger partial charge >= 0.3 is 5.97 Å². The number of carboxylic acids is 1. The standard InChI is InChI=1S/C15H21NO3S2/c1-4-15(5-2,20-3)10-16-14(19)12-8-6-11(21-12)7-9-13(17)18/h6-9H,4-5,10H2,1-3H3,(H,16,19)(H,17,18)/b9-7+. The minimum atomic E-state index is -0.995. The Labute approximate surface area is 133 Å². The van der Waals surface area contributed by atoms with E-state index in [1.807, 2.05) is 0 Å². The zero-order valence-electron chi connectivity index (χ0n) is 12.5. The molecule has 0 aromatic carbocycles. The molecule has 4 nitrogen and oxygen atoms in total. The second-order valence-corrected chi connectivity index (χ2v) is 7.04. The maximum absolute atomic E-state index is 12.1. The fraction of sp³-hybridized carbons (Fsp3) is 0.467. The number of hydrogen-bond acceptors (Lipinski definition) is 4. The van der Waals surface area contributed by atoms with Crippen LogP contribution in [0.2, 0.25) is 0 Å². The van der Waals surface area contributed by atoms with Gasteiger partial charge < -0.3 is 10.4 Å². The molecule has 0 saturated heterocycles.